The summed E-state index contributed by atoms with van der Waals surface area (Å²) < 4.78 is 5.13. The molecule has 1 N–H and O–H groups in total. The van der Waals surface area contributed by atoms with Crippen molar-refractivity contribution in [3.05, 3.63) is 0 Å². The van der Waals surface area contributed by atoms with Gasteiger partial charge in [-0.3, -0.25) is 4.90 Å². The number of carboxylic acid groups (broad SMARTS) is 1. The summed E-state index contributed by atoms with van der Waals surface area (Å²) in [6.07, 6.45) is 2.95. The molecule has 1 heterocycles. The molecular weight excluding hydrogens is 218 g/mol. The number of ether oxygens (including phenoxy) is 1. The van der Waals surface area contributed by atoms with Crippen molar-refractivity contribution < 1.29 is 14.6 Å². The zero-order valence-corrected chi connectivity index (χ0v) is 9.96. The van der Waals surface area contributed by atoms with Crippen LogP contribution in [0.15, 0.2) is 0 Å². The number of hydrogen-bond acceptors (Lipinski definition) is 3. The average Bonchev–Trinajstić information content (AvgIpc) is 2.19. The van der Waals surface area contributed by atoms with Gasteiger partial charge in [-0.25, -0.2) is 4.79 Å². The minimum Gasteiger partial charge on any atom is -0.479 e. The van der Waals surface area contributed by atoms with Crippen LogP contribution in [0.3, 0.4) is 0 Å². The quantitative estimate of drug-likeness (QED) is 0.734. The van der Waals surface area contributed by atoms with E-state index in [1.807, 2.05) is 0 Å². The standard InChI is InChI=1S/C10H19NO3.ClH/c1-2-3-4-5-11-6-7-14-9(8-11)10(12)13;/h9H,2-8H2,1H3,(H,12,13);1H. The van der Waals surface area contributed by atoms with Gasteiger partial charge in [-0.2, -0.15) is 0 Å². The summed E-state index contributed by atoms with van der Waals surface area (Å²) in [5.74, 6) is -0.842. The first-order valence-electron chi connectivity index (χ1n) is 5.30. The minimum absolute atomic E-state index is 0. The summed E-state index contributed by atoms with van der Waals surface area (Å²) in [5.41, 5.74) is 0. The molecule has 1 aliphatic heterocycles. The number of carbonyl (C=O) groups is 1. The molecule has 1 unspecified atom stereocenters. The van der Waals surface area contributed by atoms with Crippen LogP contribution in [0.4, 0.5) is 0 Å². The molecule has 5 heteroatoms. The Labute approximate surface area is 97.0 Å². The number of carboxylic acids is 1. The number of aliphatic carboxylic acids is 1. The molecule has 0 amide bonds. The van der Waals surface area contributed by atoms with Crippen LogP contribution in [0.5, 0.6) is 0 Å². The number of nitrogens with zero attached hydrogens (tertiary/aromatic N) is 1. The molecule has 1 fully saturated rings. The molecule has 0 saturated carbocycles. The zero-order valence-electron chi connectivity index (χ0n) is 9.15. The van der Waals surface area contributed by atoms with Gasteiger partial charge in [0.15, 0.2) is 6.10 Å². The highest BCUT2D eigenvalue weighted by molar-refractivity contribution is 5.85. The molecular formula is C10H20ClNO3. The minimum atomic E-state index is -0.842. The second kappa shape index (κ2) is 7.91. The molecule has 0 radical (unpaired) electrons. The highest BCUT2D eigenvalue weighted by Crippen LogP contribution is 2.07. The summed E-state index contributed by atoms with van der Waals surface area (Å²) in [5, 5.41) is 8.78. The third-order valence-electron chi connectivity index (χ3n) is 2.50. The highest BCUT2D eigenvalue weighted by Gasteiger charge is 2.25. The highest BCUT2D eigenvalue weighted by atomic mass is 35.5. The Kier molecular flexibility index (Phi) is 7.74. The number of unbranched alkanes of at least 4 members (excludes halogenated alkanes) is 2. The summed E-state index contributed by atoms with van der Waals surface area (Å²) in [7, 11) is 0. The Morgan fingerprint density at radius 3 is 2.87 bits per heavy atom. The van der Waals surface area contributed by atoms with E-state index < -0.39 is 12.1 Å². The predicted octanol–water partition coefficient (Wildman–Crippen LogP) is 1.38. The van der Waals surface area contributed by atoms with Crippen molar-refractivity contribution in [2.24, 2.45) is 0 Å². The van der Waals surface area contributed by atoms with Crippen molar-refractivity contribution in [3.8, 4) is 0 Å². The number of hydrogen-bond donors (Lipinski definition) is 1. The molecule has 1 rings (SSSR count). The molecule has 0 aliphatic carbocycles. The molecule has 1 saturated heterocycles. The molecule has 15 heavy (non-hydrogen) atoms. The second-order valence-corrected chi connectivity index (χ2v) is 3.71. The number of rotatable bonds is 5. The number of halogens is 1. The third kappa shape index (κ3) is 5.35. The van der Waals surface area contributed by atoms with Gasteiger partial charge in [0.2, 0.25) is 0 Å². The lowest BCUT2D eigenvalue weighted by Crippen LogP contribution is -2.46. The van der Waals surface area contributed by atoms with E-state index in [9.17, 15) is 4.79 Å². The number of morpholine rings is 1. The lowest BCUT2D eigenvalue weighted by molar-refractivity contribution is -0.156. The third-order valence-corrected chi connectivity index (χ3v) is 2.50. The van der Waals surface area contributed by atoms with E-state index in [-0.39, 0.29) is 12.4 Å². The first-order valence-corrected chi connectivity index (χ1v) is 5.30. The van der Waals surface area contributed by atoms with Crippen LogP contribution in [-0.2, 0) is 9.53 Å². The Balaban J connectivity index is 0.00000196. The molecule has 0 bridgehead atoms. The second-order valence-electron chi connectivity index (χ2n) is 3.71. The van der Waals surface area contributed by atoms with Crippen LogP contribution in [-0.4, -0.2) is 48.3 Å². The Hall–Kier alpha value is -0.320. The van der Waals surface area contributed by atoms with E-state index in [0.29, 0.717) is 13.2 Å². The van der Waals surface area contributed by atoms with E-state index >= 15 is 0 Å². The van der Waals surface area contributed by atoms with E-state index in [4.69, 9.17) is 9.84 Å². The summed E-state index contributed by atoms with van der Waals surface area (Å²) in [6, 6.07) is 0. The fourth-order valence-corrected chi connectivity index (χ4v) is 1.64. The lowest BCUT2D eigenvalue weighted by atomic mass is 10.2. The van der Waals surface area contributed by atoms with E-state index in [0.717, 1.165) is 19.5 Å². The summed E-state index contributed by atoms with van der Waals surface area (Å²) in [6.45, 7) is 5.12. The van der Waals surface area contributed by atoms with Crippen LogP contribution >= 0.6 is 12.4 Å². The van der Waals surface area contributed by atoms with Crippen molar-refractivity contribution in [2.75, 3.05) is 26.2 Å². The maximum absolute atomic E-state index is 10.7. The molecule has 0 aromatic carbocycles. The first kappa shape index (κ1) is 14.7. The van der Waals surface area contributed by atoms with Gasteiger partial charge in [-0.1, -0.05) is 19.8 Å². The van der Waals surface area contributed by atoms with Crippen molar-refractivity contribution in [3.63, 3.8) is 0 Å². The fraction of sp³-hybridized carbons (Fsp3) is 0.900. The van der Waals surface area contributed by atoms with Crippen LogP contribution in [0, 0.1) is 0 Å². The fourth-order valence-electron chi connectivity index (χ4n) is 1.64. The maximum Gasteiger partial charge on any atom is 0.334 e. The van der Waals surface area contributed by atoms with Crippen LogP contribution < -0.4 is 0 Å². The Morgan fingerprint density at radius 1 is 1.53 bits per heavy atom. The molecule has 0 aromatic heterocycles. The smallest absolute Gasteiger partial charge is 0.334 e. The van der Waals surface area contributed by atoms with Gasteiger partial charge in [-0.05, 0) is 13.0 Å². The summed E-state index contributed by atoms with van der Waals surface area (Å²) in [4.78, 5) is 12.9. The van der Waals surface area contributed by atoms with Crippen molar-refractivity contribution in [1.29, 1.82) is 0 Å². The van der Waals surface area contributed by atoms with Gasteiger partial charge in [0.05, 0.1) is 6.61 Å². The largest absolute Gasteiger partial charge is 0.479 e. The van der Waals surface area contributed by atoms with Gasteiger partial charge < -0.3 is 9.84 Å². The van der Waals surface area contributed by atoms with E-state index in [1.165, 1.54) is 12.8 Å². The topological polar surface area (TPSA) is 49.8 Å². The van der Waals surface area contributed by atoms with Crippen LogP contribution in [0.1, 0.15) is 26.2 Å². The van der Waals surface area contributed by atoms with Gasteiger partial charge in [-0.15, -0.1) is 12.4 Å². The van der Waals surface area contributed by atoms with E-state index in [1.54, 1.807) is 0 Å². The van der Waals surface area contributed by atoms with Crippen molar-refractivity contribution in [1.82, 2.24) is 4.90 Å². The van der Waals surface area contributed by atoms with Gasteiger partial charge in [0, 0.05) is 13.1 Å². The van der Waals surface area contributed by atoms with Gasteiger partial charge in [0.1, 0.15) is 0 Å². The lowest BCUT2D eigenvalue weighted by Gasteiger charge is -2.30. The van der Waals surface area contributed by atoms with Crippen LogP contribution in [0.25, 0.3) is 0 Å². The van der Waals surface area contributed by atoms with Crippen LogP contribution in [0.2, 0.25) is 0 Å². The van der Waals surface area contributed by atoms with Gasteiger partial charge >= 0.3 is 5.97 Å². The maximum atomic E-state index is 10.7. The molecule has 1 aliphatic rings. The SMILES string of the molecule is CCCCCN1CCOC(C(=O)O)C1.Cl. The molecule has 0 aromatic rings. The monoisotopic (exact) mass is 237 g/mol. The Bertz CT molecular complexity index is 190. The van der Waals surface area contributed by atoms with Crippen molar-refractivity contribution in [2.45, 2.75) is 32.3 Å². The molecule has 0 spiro atoms. The summed E-state index contributed by atoms with van der Waals surface area (Å²) >= 11 is 0. The predicted molar refractivity (Wildman–Crippen MR) is 60.6 cm³/mol. The normalized spacial score (nSPS) is 22.1. The van der Waals surface area contributed by atoms with Gasteiger partial charge in [0.25, 0.3) is 0 Å². The van der Waals surface area contributed by atoms with E-state index in [2.05, 4.69) is 11.8 Å². The zero-order chi connectivity index (χ0) is 10.4. The molecule has 90 valence electrons. The Morgan fingerprint density at radius 2 is 2.27 bits per heavy atom. The molecule has 1 atom stereocenters. The van der Waals surface area contributed by atoms with Crippen molar-refractivity contribution >= 4 is 18.4 Å². The molecule has 4 nitrogen and oxygen atoms in total. The first-order chi connectivity index (χ1) is 6.74. The average molecular weight is 238 g/mol.